The molecule has 0 amide bonds. The van der Waals surface area contributed by atoms with Crippen LogP contribution in [0.3, 0.4) is 0 Å². The number of anilines is 2. The van der Waals surface area contributed by atoms with Crippen molar-refractivity contribution < 1.29 is 18.9 Å². The van der Waals surface area contributed by atoms with Crippen molar-refractivity contribution in [2.45, 2.75) is 0 Å². The first kappa shape index (κ1) is 22.3. The number of carboxylic acid groups (broad SMARTS) is 1. The molecule has 35 heavy (non-hydrogen) atoms. The van der Waals surface area contributed by atoms with Crippen molar-refractivity contribution >= 4 is 57.7 Å². The summed E-state index contributed by atoms with van der Waals surface area (Å²) < 4.78 is 10.7. The summed E-state index contributed by atoms with van der Waals surface area (Å²) in [4.78, 5) is 20.2. The number of carboxylic acids is 1. The predicted molar refractivity (Wildman–Crippen MR) is 128 cm³/mol. The van der Waals surface area contributed by atoms with Crippen LogP contribution in [0.2, 0.25) is 10.0 Å². The number of hydrogen-bond acceptors (Lipinski definition) is 10. The number of hydrazone groups is 1. The first-order valence-corrected chi connectivity index (χ1v) is 10.6. The van der Waals surface area contributed by atoms with Crippen LogP contribution in [-0.2, 0) is 0 Å². The van der Waals surface area contributed by atoms with Crippen LogP contribution < -0.4 is 11.2 Å². The van der Waals surface area contributed by atoms with E-state index in [1.54, 1.807) is 42.5 Å². The highest BCUT2D eigenvalue weighted by molar-refractivity contribution is 6.42. The second kappa shape index (κ2) is 9.05. The Morgan fingerprint density at radius 3 is 2.54 bits per heavy atom. The summed E-state index contributed by atoms with van der Waals surface area (Å²) in [5.74, 6) is 5.56. The predicted octanol–water partition coefficient (Wildman–Crippen LogP) is 4.73. The highest BCUT2D eigenvalue weighted by Gasteiger charge is 2.22. The van der Waals surface area contributed by atoms with Gasteiger partial charge >= 0.3 is 5.97 Å². The number of carbonyl (C=O) groups is 1. The fourth-order valence-corrected chi connectivity index (χ4v) is 3.57. The molecular weight excluding hydrogens is 497 g/mol. The lowest BCUT2D eigenvalue weighted by Gasteiger charge is -2.11. The van der Waals surface area contributed by atoms with Crippen LogP contribution in [0.4, 0.5) is 11.5 Å². The van der Waals surface area contributed by atoms with E-state index in [0.29, 0.717) is 27.1 Å². The molecule has 5 aromatic rings. The Bertz CT molecular complexity index is 1610. The molecule has 4 N–H and O–H groups in total. The van der Waals surface area contributed by atoms with Crippen LogP contribution in [-0.4, -0.2) is 37.1 Å². The van der Waals surface area contributed by atoms with E-state index >= 15 is 0 Å². The Balaban J connectivity index is 1.57. The van der Waals surface area contributed by atoms with Gasteiger partial charge in [0.15, 0.2) is 17.3 Å². The van der Waals surface area contributed by atoms with Gasteiger partial charge in [-0.05, 0) is 52.8 Å². The molecular formula is C22H13Cl2N7O4. The van der Waals surface area contributed by atoms with Crippen molar-refractivity contribution in [2.24, 2.45) is 10.9 Å². The standard InChI is InChI=1S/C22H13Cl2N7O4/c23-13-5-4-12(9-14(13)24)26-19-18(27-20-21(28-19)31-35-30-20)17(29-25)16-7-6-15(34-16)10-2-1-3-11(8-10)22(32)33/h1-9H,25H2,(H,32,33)(H,26,28,31). The zero-order chi connectivity index (χ0) is 24.5. The Morgan fingerprint density at radius 2 is 1.80 bits per heavy atom. The first-order valence-electron chi connectivity index (χ1n) is 9.87. The second-order valence-corrected chi connectivity index (χ2v) is 7.93. The average Bonchev–Trinajstić information content (AvgIpc) is 3.52. The number of halogens is 2. The number of hydrogen-bond donors (Lipinski definition) is 3. The monoisotopic (exact) mass is 509 g/mol. The highest BCUT2D eigenvalue weighted by Crippen LogP contribution is 2.30. The first-order chi connectivity index (χ1) is 16.9. The third-order valence-electron chi connectivity index (χ3n) is 4.88. The smallest absolute Gasteiger partial charge is 0.335 e. The number of benzene rings is 2. The van der Waals surface area contributed by atoms with E-state index in [4.69, 9.17) is 38.1 Å². The van der Waals surface area contributed by atoms with E-state index in [1.165, 1.54) is 12.1 Å². The van der Waals surface area contributed by atoms with E-state index in [-0.39, 0.29) is 39.8 Å². The normalized spacial score (nSPS) is 11.7. The van der Waals surface area contributed by atoms with Crippen LogP contribution in [0.15, 0.2) is 68.7 Å². The fourth-order valence-electron chi connectivity index (χ4n) is 3.27. The van der Waals surface area contributed by atoms with Gasteiger partial charge < -0.3 is 20.7 Å². The molecule has 0 bridgehead atoms. The molecule has 2 aromatic carbocycles. The number of furan rings is 1. The van der Waals surface area contributed by atoms with E-state index < -0.39 is 5.97 Å². The summed E-state index contributed by atoms with van der Waals surface area (Å²) in [6.45, 7) is 0. The third-order valence-corrected chi connectivity index (χ3v) is 5.62. The summed E-state index contributed by atoms with van der Waals surface area (Å²) in [5.41, 5.74) is 1.86. The molecule has 0 radical (unpaired) electrons. The molecule has 0 saturated carbocycles. The van der Waals surface area contributed by atoms with Crippen molar-refractivity contribution in [3.8, 4) is 11.3 Å². The maximum absolute atomic E-state index is 11.3. The second-order valence-electron chi connectivity index (χ2n) is 7.11. The average molecular weight is 510 g/mol. The van der Waals surface area contributed by atoms with Gasteiger partial charge in [-0.1, -0.05) is 35.3 Å². The number of nitrogens with one attached hydrogen (secondary N) is 1. The molecule has 13 heteroatoms. The number of nitrogens with zero attached hydrogens (tertiary/aromatic N) is 5. The van der Waals surface area contributed by atoms with Crippen LogP contribution >= 0.6 is 23.2 Å². The number of aromatic nitrogens is 4. The van der Waals surface area contributed by atoms with Crippen molar-refractivity contribution in [1.82, 2.24) is 20.3 Å². The van der Waals surface area contributed by atoms with Gasteiger partial charge in [0, 0.05) is 11.3 Å². The van der Waals surface area contributed by atoms with Gasteiger partial charge in [0.1, 0.15) is 11.5 Å². The minimum Gasteiger partial charge on any atom is -0.478 e. The summed E-state index contributed by atoms with van der Waals surface area (Å²) in [7, 11) is 0. The minimum absolute atomic E-state index is 0.121. The molecule has 3 aromatic heterocycles. The molecule has 0 spiro atoms. The quantitative estimate of drug-likeness (QED) is 0.165. The molecule has 0 aliphatic carbocycles. The Hall–Kier alpha value is -4.48. The SMILES string of the molecule is NN=C(c1ccc(-c2cccc(C(=O)O)c2)o1)c1nc2nonc2nc1Nc1ccc(Cl)c(Cl)c1. The molecule has 0 atom stereocenters. The highest BCUT2D eigenvalue weighted by atomic mass is 35.5. The van der Waals surface area contributed by atoms with Crippen molar-refractivity contribution in [1.29, 1.82) is 0 Å². The largest absolute Gasteiger partial charge is 0.478 e. The lowest BCUT2D eigenvalue weighted by molar-refractivity contribution is 0.0697. The van der Waals surface area contributed by atoms with Gasteiger partial charge in [-0.15, -0.1) is 0 Å². The maximum Gasteiger partial charge on any atom is 0.335 e. The topological polar surface area (TPSA) is 166 Å². The van der Waals surface area contributed by atoms with Gasteiger partial charge in [-0.25, -0.2) is 19.4 Å². The van der Waals surface area contributed by atoms with Crippen LogP contribution in [0.1, 0.15) is 21.8 Å². The minimum atomic E-state index is -1.05. The van der Waals surface area contributed by atoms with Gasteiger partial charge in [-0.2, -0.15) is 5.10 Å². The summed E-state index contributed by atoms with van der Waals surface area (Å²) in [6.07, 6.45) is 0. The Morgan fingerprint density at radius 1 is 1.00 bits per heavy atom. The third kappa shape index (κ3) is 4.37. The van der Waals surface area contributed by atoms with Crippen LogP contribution in [0.25, 0.3) is 22.6 Å². The van der Waals surface area contributed by atoms with Crippen LogP contribution in [0, 0.1) is 0 Å². The molecule has 0 saturated heterocycles. The molecule has 0 unspecified atom stereocenters. The molecule has 5 rings (SSSR count). The zero-order valence-corrected chi connectivity index (χ0v) is 18.9. The van der Waals surface area contributed by atoms with E-state index in [9.17, 15) is 9.90 Å². The van der Waals surface area contributed by atoms with E-state index in [1.807, 2.05) is 0 Å². The number of aromatic carboxylic acids is 1. The summed E-state index contributed by atoms with van der Waals surface area (Å²) in [6, 6.07) is 14.5. The summed E-state index contributed by atoms with van der Waals surface area (Å²) >= 11 is 12.1. The lowest BCUT2D eigenvalue weighted by atomic mass is 10.1. The van der Waals surface area contributed by atoms with Crippen molar-refractivity contribution in [2.75, 3.05) is 5.32 Å². The number of fused-ring (bicyclic) bond motifs is 1. The van der Waals surface area contributed by atoms with E-state index in [0.717, 1.165) is 0 Å². The molecule has 11 nitrogen and oxygen atoms in total. The van der Waals surface area contributed by atoms with Crippen LogP contribution in [0.5, 0.6) is 0 Å². The molecule has 0 fully saturated rings. The van der Waals surface area contributed by atoms with Gasteiger partial charge in [0.05, 0.1) is 15.6 Å². The van der Waals surface area contributed by atoms with Crippen molar-refractivity contribution in [3.05, 3.63) is 81.7 Å². The fraction of sp³-hybridized carbons (Fsp3) is 0. The number of nitrogens with two attached hydrogens (primary N) is 1. The molecule has 0 aliphatic heterocycles. The molecule has 174 valence electrons. The zero-order valence-electron chi connectivity index (χ0n) is 17.4. The van der Waals surface area contributed by atoms with Gasteiger partial charge in [0.2, 0.25) is 11.3 Å². The Labute approximate surface area is 206 Å². The van der Waals surface area contributed by atoms with Gasteiger partial charge in [-0.3, -0.25) is 0 Å². The molecule has 0 aliphatic rings. The summed E-state index contributed by atoms with van der Waals surface area (Å²) in [5, 5.41) is 24.4. The van der Waals surface area contributed by atoms with Gasteiger partial charge in [0.25, 0.3) is 0 Å². The maximum atomic E-state index is 11.3. The number of rotatable bonds is 6. The van der Waals surface area contributed by atoms with E-state index in [2.05, 4.69) is 30.7 Å². The molecule has 3 heterocycles. The Kier molecular flexibility index (Phi) is 5.77. The van der Waals surface area contributed by atoms with Crippen molar-refractivity contribution in [3.63, 3.8) is 0 Å². The lowest BCUT2D eigenvalue weighted by Crippen LogP contribution is -2.13.